The van der Waals surface area contributed by atoms with Crippen molar-refractivity contribution >= 4 is 34.0 Å². The topological polar surface area (TPSA) is 48.7 Å². The van der Waals surface area contributed by atoms with Gasteiger partial charge < -0.3 is 14.6 Å². The van der Waals surface area contributed by atoms with Gasteiger partial charge >= 0.3 is 0 Å². The molecule has 3 heterocycles. The van der Waals surface area contributed by atoms with Crippen LogP contribution in [0.25, 0.3) is 0 Å². The van der Waals surface area contributed by atoms with Crippen molar-refractivity contribution in [1.29, 1.82) is 0 Å². The van der Waals surface area contributed by atoms with Crippen molar-refractivity contribution < 1.29 is 9.21 Å². The summed E-state index contributed by atoms with van der Waals surface area (Å²) in [5.74, 6) is 0.187. The molecule has 1 saturated heterocycles. The standard InChI is InChI=1S/C27H33N3O2S2/c1-3-29-14-16-30(17-15-29)25(19-10-12-20(33-2)13-11-19)24-21-7-4-5-9-23(21)34-27(24)28-26(31)22-8-6-18-32-22/h6,8,10-13,18,25H,3-5,7,9,14-17H2,1-2H3,(H,28,31). The van der Waals surface area contributed by atoms with Crippen LogP contribution in [0.2, 0.25) is 0 Å². The van der Waals surface area contributed by atoms with Gasteiger partial charge in [0, 0.05) is 41.5 Å². The van der Waals surface area contributed by atoms with Crippen LogP contribution in [0, 0.1) is 0 Å². The molecule has 7 heteroatoms. The number of thioether (sulfide) groups is 1. The van der Waals surface area contributed by atoms with Gasteiger partial charge in [-0.2, -0.15) is 0 Å². The highest BCUT2D eigenvalue weighted by atomic mass is 32.2. The van der Waals surface area contributed by atoms with E-state index in [9.17, 15) is 4.79 Å². The number of anilines is 1. The molecule has 1 fully saturated rings. The molecule has 3 aromatic rings. The number of thiophene rings is 1. The van der Waals surface area contributed by atoms with Crippen LogP contribution in [0.1, 0.15) is 57.9 Å². The molecule has 1 aromatic carbocycles. The third kappa shape index (κ3) is 4.85. The van der Waals surface area contributed by atoms with E-state index in [-0.39, 0.29) is 11.9 Å². The summed E-state index contributed by atoms with van der Waals surface area (Å²) >= 11 is 3.55. The first-order valence-electron chi connectivity index (χ1n) is 12.3. The zero-order valence-electron chi connectivity index (χ0n) is 20.0. The molecule has 0 radical (unpaired) electrons. The third-order valence-corrected chi connectivity index (χ3v) is 9.08. The lowest BCUT2D eigenvalue weighted by Gasteiger charge is -2.40. The number of carbonyl (C=O) groups is 1. The van der Waals surface area contributed by atoms with Crippen LogP contribution < -0.4 is 5.32 Å². The number of piperazine rings is 1. The predicted molar refractivity (Wildman–Crippen MR) is 141 cm³/mol. The monoisotopic (exact) mass is 495 g/mol. The van der Waals surface area contributed by atoms with Gasteiger partial charge in [0.25, 0.3) is 5.91 Å². The Morgan fingerprint density at radius 2 is 1.88 bits per heavy atom. The van der Waals surface area contributed by atoms with Gasteiger partial charge in [0.2, 0.25) is 0 Å². The Morgan fingerprint density at radius 3 is 2.56 bits per heavy atom. The summed E-state index contributed by atoms with van der Waals surface area (Å²) in [6.07, 6.45) is 8.30. The molecule has 5 rings (SSSR count). The Bertz CT molecular complexity index is 1100. The fourth-order valence-electron chi connectivity index (χ4n) is 5.23. The van der Waals surface area contributed by atoms with E-state index in [1.54, 1.807) is 41.5 Å². The molecule has 2 aliphatic rings. The Hall–Kier alpha value is -2.06. The maximum absolute atomic E-state index is 13.0. The Labute approximate surface area is 210 Å². The van der Waals surface area contributed by atoms with Crippen molar-refractivity contribution in [2.24, 2.45) is 0 Å². The summed E-state index contributed by atoms with van der Waals surface area (Å²) in [5.41, 5.74) is 4.08. The minimum atomic E-state index is -0.169. The molecule has 1 amide bonds. The maximum atomic E-state index is 13.0. The number of rotatable bonds is 7. The van der Waals surface area contributed by atoms with Gasteiger partial charge in [0.1, 0.15) is 5.00 Å². The fraction of sp³-hybridized carbons (Fsp3) is 0.444. The first kappa shape index (κ1) is 23.7. The molecule has 2 aromatic heterocycles. The molecule has 0 saturated carbocycles. The van der Waals surface area contributed by atoms with Crippen LogP contribution in [0.4, 0.5) is 5.00 Å². The number of fused-ring (bicyclic) bond motifs is 1. The average molecular weight is 496 g/mol. The lowest BCUT2D eigenvalue weighted by Crippen LogP contribution is -2.47. The molecule has 1 N–H and O–H groups in total. The van der Waals surface area contributed by atoms with Crippen molar-refractivity contribution in [3.05, 3.63) is 70.0 Å². The molecule has 1 aliphatic carbocycles. The number of nitrogens with one attached hydrogen (secondary N) is 1. The van der Waals surface area contributed by atoms with Crippen molar-refractivity contribution in [2.75, 3.05) is 44.3 Å². The molecule has 1 atom stereocenters. The van der Waals surface area contributed by atoms with E-state index >= 15 is 0 Å². The van der Waals surface area contributed by atoms with Crippen LogP contribution in [-0.2, 0) is 12.8 Å². The number of amides is 1. The molecule has 0 bridgehead atoms. The van der Waals surface area contributed by atoms with Crippen molar-refractivity contribution in [3.8, 4) is 0 Å². The Balaban J connectivity index is 1.57. The first-order valence-corrected chi connectivity index (χ1v) is 14.3. The van der Waals surface area contributed by atoms with Gasteiger partial charge in [-0.3, -0.25) is 9.69 Å². The summed E-state index contributed by atoms with van der Waals surface area (Å²) in [4.78, 5) is 20.9. The van der Waals surface area contributed by atoms with Crippen LogP contribution in [0.5, 0.6) is 0 Å². The van der Waals surface area contributed by atoms with E-state index in [0.717, 1.165) is 50.6 Å². The minimum absolute atomic E-state index is 0.139. The highest BCUT2D eigenvalue weighted by Gasteiger charge is 2.33. The molecule has 0 spiro atoms. The zero-order valence-corrected chi connectivity index (χ0v) is 21.6. The molecule has 1 aliphatic heterocycles. The van der Waals surface area contributed by atoms with Crippen molar-refractivity contribution in [1.82, 2.24) is 9.80 Å². The second-order valence-electron chi connectivity index (χ2n) is 9.03. The van der Waals surface area contributed by atoms with Gasteiger partial charge in [0.05, 0.1) is 12.3 Å². The quantitative estimate of drug-likeness (QED) is 0.412. The fourth-order valence-corrected chi connectivity index (χ4v) is 6.95. The number of carbonyl (C=O) groups excluding carboxylic acids is 1. The number of aryl methyl sites for hydroxylation is 1. The SMILES string of the molecule is CCN1CCN(C(c2ccc(SC)cc2)c2c(NC(=O)c3ccco3)sc3c2CCCC3)CC1. The summed E-state index contributed by atoms with van der Waals surface area (Å²) in [6.45, 7) is 7.55. The number of likely N-dealkylation sites (N-methyl/N-ethyl adjacent to an activating group) is 1. The van der Waals surface area contributed by atoms with Gasteiger partial charge in [-0.05, 0) is 73.9 Å². The zero-order chi connectivity index (χ0) is 23.5. The minimum Gasteiger partial charge on any atom is -0.459 e. The van der Waals surface area contributed by atoms with E-state index in [0.29, 0.717) is 5.76 Å². The summed E-state index contributed by atoms with van der Waals surface area (Å²) in [7, 11) is 0. The van der Waals surface area contributed by atoms with Crippen LogP contribution in [0.15, 0.2) is 52.0 Å². The van der Waals surface area contributed by atoms with Crippen LogP contribution >= 0.6 is 23.1 Å². The third-order valence-electron chi connectivity index (χ3n) is 7.11. The summed E-state index contributed by atoms with van der Waals surface area (Å²) in [6, 6.07) is 12.7. The van der Waals surface area contributed by atoms with Gasteiger partial charge in [-0.25, -0.2) is 0 Å². The lowest BCUT2D eigenvalue weighted by molar-refractivity contribution is 0.0995. The summed E-state index contributed by atoms with van der Waals surface area (Å²) < 4.78 is 5.39. The Kier molecular flexibility index (Phi) is 7.44. The highest BCUT2D eigenvalue weighted by Crippen LogP contribution is 2.46. The smallest absolute Gasteiger partial charge is 0.291 e. The molecule has 34 heavy (non-hydrogen) atoms. The normalized spacial score (nSPS) is 17.9. The lowest BCUT2D eigenvalue weighted by atomic mass is 9.88. The summed E-state index contributed by atoms with van der Waals surface area (Å²) in [5, 5.41) is 4.24. The number of benzene rings is 1. The second kappa shape index (κ2) is 10.7. The average Bonchev–Trinajstić information content (AvgIpc) is 3.54. The van der Waals surface area contributed by atoms with Gasteiger partial charge in [-0.1, -0.05) is 19.1 Å². The number of hydrogen-bond donors (Lipinski definition) is 1. The van der Waals surface area contributed by atoms with Gasteiger partial charge in [0.15, 0.2) is 5.76 Å². The largest absolute Gasteiger partial charge is 0.459 e. The maximum Gasteiger partial charge on any atom is 0.291 e. The first-order chi connectivity index (χ1) is 16.7. The van der Waals surface area contributed by atoms with E-state index < -0.39 is 0 Å². The number of furan rings is 1. The van der Waals surface area contributed by atoms with Crippen molar-refractivity contribution in [2.45, 2.75) is 43.5 Å². The van der Waals surface area contributed by atoms with E-state index in [1.165, 1.54) is 39.3 Å². The molecular formula is C27H33N3O2S2. The predicted octanol–water partition coefficient (Wildman–Crippen LogP) is 5.92. The van der Waals surface area contributed by atoms with E-state index in [4.69, 9.17) is 4.42 Å². The Morgan fingerprint density at radius 1 is 1.12 bits per heavy atom. The van der Waals surface area contributed by atoms with Crippen molar-refractivity contribution in [3.63, 3.8) is 0 Å². The van der Waals surface area contributed by atoms with E-state index in [2.05, 4.69) is 52.6 Å². The second-order valence-corrected chi connectivity index (χ2v) is 11.0. The molecular weight excluding hydrogens is 462 g/mol. The van der Waals surface area contributed by atoms with E-state index in [1.807, 2.05) is 0 Å². The molecule has 1 unspecified atom stereocenters. The van der Waals surface area contributed by atoms with Crippen LogP contribution in [0.3, 0.4) is 0 Å². The van der Waals surface area contributed by atoms with Gasteiger partial charge in [-0.15, -0.1) is 23.1 Å². The van der Waals surface area contributed by atoms with Crippen LogP contribution in [-0.4, -0.2) is 54.7 Å². The molecule has 180 valence electrons. The number of nitrogens with zero attached hydrogens (tertiary/aromatic N) is 2. The molecule has 5 nitrogen and oxygen atoms in total. The highest BCUT2D eigenvalue weighted by molar-refractivity contribution is 7.98. The number of hydrogen-bond acceptors (Lipinski definition) is 6.